The van der Waals surface area contributed by atoms with E-state index < -0.39 is 25.1 Å². The number of nitrogens with one attached hydrogen (secondary N) is 1. The molecule has 1 aliphatic rings. The molecule has 2 aromatic rings. The van der Waals surface area contributed by atoms with E-state index in [9.17, 15) is 18.4 Å². The molecule has 1 fully saturated rings. The molecule has 1 amide bonds. The summed E-state index contributed by atoms with van der Waals surface area (Å²) in [6.07, 6.45) is 2.56. The minimum absolute atomic E-state index is 0.00305. The van der Waals surface area contributed by atoms with E-state index in [1.54, 1.807) is 6.07 Å². The van der Waals surface area contributed by atoms with Gasteiger partial charge in [-0.15, -0.1) is 0 Å². The van der Waals surface area contributed by atoms with Gasteiger partial charge in [-0.1, -0.05) is 12.1 Å². The molecule has 200 valence electrons. The smallest absolute Gasteiger partial charge is 0.387 e. The second-order valence-electron chi connectivity index (χ2n) is 7.72. The summed E-state index contributed by atoms with van der Waals surface area (Å²) in [7, 11) is 0. The van der Waals surface area contributed by atoms with Gasteiger partial charge in [0.05, 0.1) is 37.8 Å². The van der Waals surface area contributed by atoms with Gasteiger partial charge in [-0.25, -0.2) is 4.79 Å². The summed E-state index contributed by atoms with van der Waals surface area (Å²) in [5.41, 5.74) is 1.80. The van der Waals surface area contributed by atoms with Gasteiger partial charge in [0.15, 0.2) is 6.61 Å². The largest absolute Gasteiger partial charge is 0.492 e. The number of benzene rings is 2. The molecule has 1 saturated heterocycles. The second-order valence-corrected chi connectivity index (χ2v) is 7.72. The van der Waals surface area contributed by atoms with Gasteiger partial charge in [-0.05, 0) is 37.6 Å². The molecule has 0 aromatic heterocycles. The second kappa shape index (κ2) is 14.0. The molecule has 3 rings (SSSR count). The molecule has 0 radical (unpaired) electrons. The highest BCUT2D eigenvalue weighted by Gasteiger charge is 2.20. The summed E-state index contributed by atoms with van der Waals surface area (Å²) >= 11 is 0. The summed E-state index contributed by atoms with van der Waals surface area (Å²) in [5, 5.41) is 2.71. The van der Waals surface area contributed by atoms with E-state index in [2.05, 4.69) is 15.0 Å². The quantitative estimate of drug-likeness (QED) is 0.330. The number of alkyl halides is 2. The minimum atomic E-state index is -2.92. The van der Waals surface area contributed by atoms with Gasteiger partial charge in [-0.3, -0.25) is 4.79 Å². The first-order valence-electron chi connectivity index (χ1n) is 11.9. The van der Waals surface area contributed by atoms with Crippen LogP contribution in [0, 0.1) is 0 Å². The van der Waals surface area contributed by atoms with Crippen LogP contribution in [-0.2, 0) is 19.1 Å². The van der Waals surface area contributed by atoms with Crippen LogP contribution in [0.5, 0.6) is 17.2 Å². The first kappa shape index (κ1) is 27.7. The number of esters is 1. The lowest BCUT2D eigenvalue weighted by molar-refractivity contribution is -0.142. The number of nitrogens with zero attached hydrogens (tertiary/aromatic N) is 1. The van der Waals surface area contributed by atoms with Crippen LogP contribution in [0.3, 0.4) is 0 Å². The van der Waals surface area contributed by atoms with Crippen molar-refractivity contribution in [3.8, 4) is 17.2 Å². The first-order valence-corrected chi connectivity index (χ1v) is 11.9. The Labute approximate surface area is 213 Å². The molecule has 0 unspecified atom stereocenters. The Bertz CT molecular complexity index is 1070. The molecule has 0 spiro atoms. The lowest BCUT2D eigenvalue weighted by Crippen LogP contribution is -2.36. The highest BCUT2D eigenvalue weighted by molar-refractivity contribution is 5.96. The van der Waals surface area contributed by atoms with Gasteiger partial charge in [0.2, 0.25) is 0 Å². The third kappa shape index (κ3) is 8.64. The van der Waals surface area contributed by atoms with Crippen LogP contribution < -0.4 is 24.4 Å². The number of amides is 1. The Kier molecular flexibility index (Phi) is 10.5. The van der Waals surface area contributed by atoms with Crippen LogP contribution in [0.2, 0.25) is 0 Å². The van der Waals surface area contributed by atoms with Crippen molar-refractivity contribution < 1.29 is 42.1 Å². The number of hydrogen-bond donors (Lipinski definition) is 1. The molecule has 2 aromatic carbocycles. The topological polar surface area (TPSA) is 95.6 Å². The lowest BCUT2D eigenvalue weighted by Gasteiger charge is -2.31. The summed E-state index contributed by atoms with van der Waals surface area (Å²) in [6.45, 7) is 3.70. The predicted molar refractivity (Wildman–Crippen MR) is 134 cm³/mol. The molecule has 37 heavy (non-hydrogen) atoms. The van der Waals surface area contributed by atoms with Crippen molar-refractivity contribution >= 4 is 29.3 Å². The maximum atomic E-state index is 12.5. The van der Waals surface area contributed by atoms with Crippen LogP contribution in [-0.4, -0.2) is 64.6 Å². The van der Waals surface area contributed by atoms with Crippen LogP contribution in [0.4, 0.5) is 20.2 Å². The Balaban J connectivity index is 1.61. The molecule has 0 aliphatic carbocycles. The highest BCUT2D eigenvalue weighted by atomic mass is 19.3. The minimum Gasteiger partial charge on any atom is -0.492 e. The van der Waals surface area contributed by atoms with Crippen molar-refractivity contribution in [3.63, 3.8) is 0 Å². The average Bonchev–Trinajstić information content (AvgIpc) is 2.89. The third-order valence-corrected chi connectivity index (χ3v) is 5.15. The molecular weight excluding hydrogens is 490 g/mol. The fourth-order valence-electron chi connectivity index (χ4n) is 3.54. The van der Waals surface area contributed by atoms with Gasteiger partial charge in [0.25, 0.3) is 5.91 Å². The Morgan fingerprint density at radius 1 is 1.05 bits per heavy atom. The summed E-state index contributed by atoms with van der Waals surface area (Å²) in [6, 6.07) is 9.21. The Morgan fingerprint density at radius 2 is 1.73 bits per heavy atom. The van der Waals surface area contributed by atoms with Crippen molar-refractivity contribution in [2.24, 2.45) is 0 Å². The van der Waals surface area contributed by atoms with Crippen molar-refractivity contribution in [1.29, 1.82) is 0 Å². The molecule has 1 heterocycles. The first-order chi connectivity index (χ1) is 17.9. The number of carbonyl (C=O) groups is 2. The number of morpholine rings is 1. The van der Waals surface area contributed by atoms with E-state index in [0.29, 0.717) is 62.3 Å². The van der Waals surface area contributed by atoms with E-state index in [1.807, 2.05) is 19.9 Å². The molecule has 9 nitrogen and oxygen atoms in total. The van der Waals surface area contributed by atoms with Gasteiger partial charge < -0.3 is 33.9 Å². The molecule has 11 heteroatoms. The third-order valence-electron chi connectivity index (χ3n) is 5.15. The number of carbonyl (C=O) groups excluding carboxylic acids is 2. The fourth-order valence-corrected chi connectivity index (χ4v) is 3.54. The maximum absolute atomic E-state index is 12.5. The van der Waals surface area contributed by atoms with Crippen LogP contribution >= 0.6 is 0 Å². The Morgan fingerprint density at radius 3 is 2.38 bits per heavy atom. The number of halogens is 2. The molecule has 0 atom stereocenters. The van der Waals surface area contributed by atoms with E-state index in [0.717, 1.165) is 11.8 Å². The predicted octanol–water partition coefficient (Wildman–Crippen LogP) is 4.12. The maximum Gasteiger partial charge on any atom is 0.387 e. The van der Waals surface area contributed by atoms with Gasteiger partial charge in [-0.2, -0.15) is 8.78 Å². The van der Waals surface area contributed by atoms with E-state index in [1.165, 1.54) is 30.3 Å². The Hall–Kier alpha value is -3.86. The summed E-state index contributed by atoms with van der Waals surface area (Å²) in [4.78, 5) is 26.7. The normalized spacial score (nSPS) is 13.5. The van der Waals surface area contributed by atoms with E-state index in [-0.39, 0.29) is 5.75 Å². The number of ether oxygens (including phenoxy) is 5. The number of rotatable bonds is 12. The van der Waals surface area contributed by atoms with Gasteiger partial charge in [0, 0.05) is 31.3 Å². The fraction of sp³-hybridized carbons (Fsp3) is 0.385. The zero-order chi connectivity index (χ0) is 26.6. The zero-order valence-electron chi connectivity index (χ0n) is 20.7. The number of hydrogen-bond acceptors (Lipinski definition) is 8. The van der Waals surface area contributed by atoms with Crippen molar-refractivity contribution in [2.45, 2.75) is 20.5 Å². The van der Waals surface area contributed by atoms with Crippen molar-refractivity contribution in [3.05, 3.63) is 48.0 Å². The van der Waals surface area contributed by atoms with E-state index in [4.69, 9.17) is 18.9 Å². The summed E-state index contributed by atoms with van der Waals surface area (Å²) in [5.74, 6) is -0.244. The summed E-state index contributed by atoms with van der Waals surface area (Å²) < 4.78 is 50.7. The molecule has 1 N–H and O–H groups in total. The van der Waals surface area contributed by atoms with Crippen LogP contribution in [0.25, 0.3) is 6.08 Å². The van der Waals surface area contributed by atoms with Crippen molar-refractivity contribution in [2.75, 3.05) is 56.3 Å². The van der Waals surface area contributed by atoms with E-state index >= 15 is 0 Å². The van der Waals surface area contributed by atoms with Gasteiger partial charge >= 0.3 is 12.6 Å². The molecule has 0 saturated carbocycles. The van der Waals surface area contributed by atoms with Gasteiger partial charge in [0.1, 0.15) is 17.2 Å². The SMILES string of the molecule is CCOc1cc(N2CCOCC2)c(OCC)cc1NC(=O)COC(=O)/C=C/c1ccc(OC(F)F)cc1. The monoisotopic (exact) mass is 520 g/mol. The molecule has 0 bridgehead atoms. The number of anilines is 2. The molecular formula is C26H30F2N2O7. The standard InChI is InChI=1S/C26H30F2N2O7/c1-3-34-22-16-21(30-11-13-33-14-12-30)23(35-4-2)15-20(22)29-24(31)17-36-25(32)10-7-18-5-8-19(9-6-18)37-26(27)28/h5-10,15-16,26H,3-4,11-14,17H2,1-2H3,(H,29,31)/b10-7+. The highest BCUT2D eigenvalue weighted by Crippen LogP contribution is 2.39. The average molecular weight is 521 g/mol. The lowest BCUT2D eigenvalue weighted by atomic mass is 10.2. The molecule has 1 aliphatic heterocycles. The van der Waals surface area contributed by atoms with Crippen LogP contribution in [0.15, 0.2) is 42.5 Å². The van der Waals surface area contributed by atoms with Crippen LogP contribution in [0.1, 0.15) is 19.4 Å². The zero-order valence-corrected chi connectivity index (χ0v) is 20.7. The van der Waals surface area contributed by atoms with Crippen molar-refractivity contribution in [1.82, 2.24) is 0 Å².